The molecule has 3 rings (SSSR count). The van der Waals surface area contributed by atoms with Crippen molar-refractivity contribution in [3.05, 3.63) is 41.3 Å². The lowest BCUT2D eigenvalue weighted by atomic mass is 10.3. The Hall–Kier alpha value is -2.41. The van der Waals surface area contributed by atoms with E-state index in [1.165, 1.54) is 0 Å². The van der Waals surface area contributed by atoms with Crippen molar-refractivity contribution in [2.24, 2.45) is 0 Å². The molecule has 0 aromatic carbocycles. The molecular weight excluding hydrogens is 306 g/mol. The molecule has 24 heavy (non-hydrogen) atoms. The van der Waals surface area contributed by atoms with Gasteiger partial charge in [-0.15, -0.1) is 0 Å². The Balaban J connectivity index is 1.60. The molecule has 1 aliphatic carbocycles. The smallest absolute Gasteiger partial charge is 0.317 e. The van der Waals surface area contributed by atoms with Crippen molar-refractivity contribution in [2.75, 3.05) is 13.2 Å². The van der Waals surface area contributed by atoms with Gasteiger partial charge in [-0.1, -0.05) is 6.07 Å². The van der Waals surface area contributed by atoms with Gasteiger partial charge in [-0.05, 0) is 44.4 Å². The number of amides is 2. The highest BCUT2D eigenvalue weighted by molar-refractivity contribution is 5.74. The maximum absolute atomic E-state index is 12.2. The zero-order valence-corrected chi connectivity index (χ0v) is 14.1. The van der Waals surface area contributed by atoms with Crippen LogP contribution in [-0.4, -0.2) is 50.0 Å². The number of carbonyl (C=O) groups excluding carboxylic acids is 1. The van der Waals surface area contributed by atoms with Crippen molar-refractivity contribution in [2.45, 2.75) is 39.3 Å². The van der Waals surface area contributed by atoms with Crippen LogP contribution in [0.5, 0.6) is 0 Å². The maximum atomic E-state index is 12.2. The first-order valence-corrected chi connectivity index (χ1v) is 8.22. The monoisotopic (exact) mass is 329 g/mol. The van der Waals surface area contributed by atoms with Crippen LogP contribution in [0.3, 0.4) is 0 Å². The van der Waals surface area contributed by atoms with E-state index in [1.807, 2.05) is 32.0 Å². The molecule has 1 saturated carbocycles. The molecule has 0 radical (unpaired) electrons. The van der Waals surface area contributed by atoms with Gasteiger partial charge in [0.2, 0.25) is 0 Å². The standard InChI is InChI=1S/C17H23N5O2/c1-12-9-13(2)22(20-12)16-6-3-14(10-18-16)11-19-17(24)21(7-8-23)15-4-5-15/h3,6,9-10,15,23H,4-5,7-8,11H2,1-2H3,(H,19,24). The van der Waals surface area contributed by atoms with E-state index in [9.17, 15) is 4.79 Å². The van der Waals surface area contributed by atoms with Gasteiger partial charge in [0, 0.05) is 31.0 Å². The molecule has 2 heterocycles. The molecule has 128 valence electrons. The normalized spacial score (nSPS) is 13.8. The topological polar surface area (TPSA) is 83.3 Å². The van der Waals surface area contributed by atoms with Gasteiger partial charge in [0.05, 0.1) is 12.3 Å². The number of urea groups is 1. The number of rotatable bonds is 6. The largest absolute Gasteiger partial charge is 0.395 e. The second-order valence-electron chi connectivity index (χ2n) is 6.17. The van der Waals surface area contributed by atoms with Crippen molar-refractivity contribution in [1.29, 1.82) is 0 Å². The van der Waals surface area contributed by atoms with Crippen LogP contribution in [0, 0.1) is 13.8 Å². The van der Waals surface area contributed by atoms with Gasteiger partial charge < -0.3 is 15.3 Å². The number of carbonyl (C=O) groups is 1. The number of aliphatic hydroxyl groups excluding tert-OH is 1. The average Bonchev–Trinajstić information content (AvgIpc) is 3.35. The molecule has 1 fully saturated rings. The Morgan fingerprint density at radius 3 is 2.75 bits per heavy atom. The fourth-order valence-corrected chi connectivity index (χ4v) is 2.73. The van der Waals surface area contributed by atoms with Crippen molar-refractivity contribution in [3.8, 4) is 5.82 Å². The van der Waals surface area contributed by atoms with Gasteiger partial charge in [0.15, 0.2) is 5.82 Å². The highest BCUT2D eigenvalue weighted by atomic mass is 16.3. The highest BCUT2D eigenvalue weighted by Gasteiger charge is 2.31. The van der Waals surface area contributed by atoms with E-state index in [0.717, 1.165) is 35.6 Å². The van der Waals surface area contributed by atoms with Gasteiger partial charge >= 0.3 is 6.03 Å². The number of aromatic nitrogens is 3. The number of aryl methyl sites for hydroxylation is 2. The molecular formula is C17H23N5O2. The van der Waals surface area contributed by atoms with E-state index in [0.29, 0.717) is 13.1 Å². The number of hydrogen-bond donors (Lipinski definition) is 2. The molecule has 0 aliphatic heterocycles. The zero-order valence-electron chi connectivity index (χ0n) is 14.1. The Morgan fingerprint density at radius 2 is 2.21 bits per heavy atom. The molecule has 0 unspecified atom stereocenters. The third kappa shape index (κ3) is 3.73. The summed E-state index contributed by atoms with van der Waals surface area (Å²) in [6, 6.07) is 5.99. The lowest BCUT2D eigenvalue weighted by molar-refractivity contribution is 0.173. The summed E-state index contributed by atoms with van der Waals surface area (Å²) in [6.45, 7) is 4.72. The fourth-order valence-electron chi connectivity index (χ4n) is 2.73. The Kier molecular flexibility index (Phi) is 4.80. The van der Waals surface area contributed by atoms with Crippen LogP contribution in [-0.2, 0) is 6.54 Å². The summed E-state index contributed by atoms with van der Waals surface area (Å²) in [4.78, 5) is 18.3. The summed E-state index contributed by atoms with van der Waals surface area (Å²) < 4.78 is 1.80. The zero-order chi connectivity index (χ0) is 17.1. The van der Waals surface area contributed by atoms with Gasteiger partial charge in [-0.3, -0.25) is 0 Å². The lowest BCUT2D eigenvalue weighted by Gasteiger charge is -2.21. The van der Waals surface area contributed by atoms with Crippen LogP contribution in [0.15, 0.2) is 24.4 Å². The summed E-state index contributed by atoms with van der Waals surface area (Å²) >= 11 is 0. The Labute approximate surface area is 141 Å². The van der Waals surface area contributed by atoms with Crippen molar-refractivity contribution >= 4 is 6.03 Å². The van der Waals surface area contributed by atoms with Crippen LogP contribution in [0.4, 0.5) is 4.79 Å². The van der Waals surface area contributed by atoms with Crippen LogP contribution in [0.2, 0.25) is 0 Å². The summed E-state index contributed by atoms with van der Waals surface area (Å²) in [5.41, 5.74) is 2.91. The van der Waals surface area contributed by atoms with Crippen LogP contribution in [0.1, 0.15) is 29.8 Å². The first-order chi connectivity index (χ1) is 11.6. The van der Waals surface area contributed by atoms with Crippen LogP contribution >= 0.6 is 0 Å². The number of nitrogens with zero attached hydrogens (tertiary/aromatic N) is 4. The van der Waals surface area contributed by atoms with Gasteiger partial charge in [0.1, 0.15) is 0 Å². The molecule has 7 nitrogen and oxygen atoms in total. The molecule has 0 bridgehead atoms. The number of aliphatic hydroxyl groups is 1. The van der Waals surface area contributed by atoms with Crippen LogP contribution in [0.25, 0.3) is 5.82 Å². The number of pyridine rings is 1. The minimum absolute atomic E-state index is 0.0111. The molecule has 1 aliphatic rings. The van der Waals surface area contributed by atoms with Gasteiger partial charge in [-0.25, -0.2) is 14.5 Å². The Morgan fingerprint density at radius 1 is 1.42 bits per heavy atom. The van der Waals surface area contributed by atoms with E-state index < -0.39 is 0 Å². The molecule has 2 aromatic rings. The molecule has 2 N–H and O–H groups in total. The van der Waals surface area contributed by atoms with E-state index in [-0.39, 0.29) is 18.7 Å². The minimum Gasteiger partial charge on any atom is -0.395 e. The predicted molar refractivity (Wildman–Crippen MR) is 89.9 cm³/mol. The maximum Gasteiger partial charge on any atom is 0.317 e. The molecule has 0 spiro atoms. The van der Waals surface area contributed by atoms with Crippen LogP contribution < -0.4 is 5.32 Å². The fraction of sp³-hybridized carbons (Fsp3) is 0.471. The quantitative estimate of drug-likeness (QED) is 0.842. The van der Waals surface area contributed by atoms with Crippen molar-refractivity contribution < 1.29 is 9.90 Å². The lowest BCUT2D eigenvalue weighted by Crippen LogP contribution is -2.42. The molecule has 7 heteroatoms. The second-order valence-corrected chi connectivity index (χ2v) is 6.17. The summed E-state index contributed by atoms with van der Waals surface area (Å²) in [5.74, 6) is 0.760. The summed E-state index contributed by atoms with van der Waals surface area (Å²) in [5, 5.41) is 16.4. The Bertz CT molecular complexity index is 706. The first kappa shape index (κ1) is 16.4. The molecule has 2 amide bonds. The SMILES string of the molecule is Cc1cc(C)n(-c2ccc(CNC(=O)N(CCO)C3CC3)cn2)n1. The predicted octanol–water partition coefficient (Wildman–Crippen LogP) is 1.55. The van der Waals surface area contributed by atoms with Gasteiger partial charge in [-0.2, -0.15) is 5.10 Å². The second kappa shape index (κ2) is 7.00. The highest BCUT2D eigenvalue weighted by Crippen LogP contribution is 2.26. The third-order valence-electron chi connectivity index (χ3n) is 4.07. The average molecular weight is 329 g/mol. The van der Waals surface area contributed by atoms with Gasteiger partial charge in [0.25, 0.3) is 0 Å². The van der Waals surface area contributed by atoms with E-state index in [2.05, 4.69) is 15.4 Å². The summed E-state index contributed by atoms with van der Waals surface area (Å²) in [7, 11) is 0. The molecule has 2 aromatic heterocycles. The van der Waals surface area contributed by atoms with E-state index >= 15 is 0 Å². The van der Waals surface area contributed by atoms with Crippen molar-refractivity contribution in [1.82, 2.24) is 25.0 Å². The number of nitrogens with one attached hydrogen (secondary N) is 1. The minimum atomic E-state index is -0.130. The molecule has 0 saturated heterocycles. The third-order valence-corrected chi connectivity index (χ3v) is 4.07. The molecule has 0 atom stereocenters. The van der Waals surface area contributed by atoms with E-state index in [1.54, 1.807) is 15.8 Å². The van der Waals surface area contributed by atoms with Crippen molar-refractivity contribution in [3.63, 3.8) is 0 Å². The first-order valence-electron chi connectivity index (χ1n) is 8.22. The summed E-state index contributed by atoms with van der Waals surface area (Å²) in [6.07, 6.45) is 3.79. The van der Waals surface area contributed by atoms with E-state index in [4.69, 9.17) is 5.11 Å². The number of hydrogen-bond acceptors (Lipinski definition) is 4.